The third-order valence-corrected chi connectivity index (χ3v) is 2.17. The molecule has 2 rings (SSSR count). The molecule has 0 fully saturated rings. The van der Waals surface area contributed by atoms with Gasteiger partial charge in [-0.1, -0.05) is 6.07 Å². The van der Waals surface area contributed by atoms with Gasteiger partial charge in [0.15, 0.2) is 0 Å². The Kier molecular flexibility index (Phi) is 1.57. The van der Waals surface area contributed by atoms with E-state index in [9.17, 15) is 5.11 Å². The molecule has 0 atom stereocenters. The molecule has 0 bridgehead atoms. The summed E-state index contributed by atoms with van der Waals surface area (Å²) in [6, 6.07) is 5.66. The Bertz CT molecular complexity index is 266. The lowest BCUT2D eigenvalue weighted by Crippen LogP contribution is -2.01. The van der Waals surface area contributed by atoms with Crippen molar-refractivity contribution in [3.63, 3.8) is 0 Å². The third kappa shape index (κ3) is 1.23. The predicted octanol–water partition coefficient (Wildman–Crippen LogP) is 2.09. The van der Waals surface area contributed by atoms with Crippen LogP contribution in [0, 0.1) is 6.42 Å². The van der Waals surface area contributed by atoms with Crippen molar-refractivity contribution >= 4 is 0 Å². The fraction of sp³-hybridized carbons (Fsp3) is 0.300. The highest BCUT2D eigenvalue weighted by molar-refractivity contribution is 5.37. The number of benzene rings is 1. The molecule has 57 valence electrons. The Morgan fingerprint density at radius 2 is 2.09 bits per heavy atom. The van der Waals surface area contributed by atoms with Crippen LogP contribution in [0.5, 0.6) is 5.75 Å². The first kappa shape index (κ1) is 6.71. The minimum absolute atomic E-state index is 0.388. The largest absolute Gasteiger partial charge is 0.508 e. The van der Waals surface area contributed by atoms with E-state index in [2.05, 4.69) is 6.42 Å². The first-order valence-corrected chi connectivity index (χ1v) is 3.99. The molecule has 1 N–H and O–H groups in total. The summed E-state index contributed by atoms with van der Waals surface area (Å²) in [6.07, 6.45) is 5.60. The summed E-state index contributed by atoms with van der Waals surface area (Å²) in [6.45, 7) is 0. The average Bonchev–Trinajstić information content (AvgIpc) is 2.04. The number of fused-ring (bicyclic) bond motifs is 1. The fourth-order valence-electron chi connectivity index (χ4n) is 1.56. The molecule has 1 heteroatoms. The van der Waals surface area contributed by atoms with Gasteiger partial charge in [0.2, 0.25) is 0 Å². The summed E-state index contributed by atoms with van der Waals surface area (Å²) >= 11 is 0. The van der Waals surface area contributed by atoms with E-state index in [4.69, 9.17) is 0 Å². The number of hydrogen-bond acceptors (Lipinski definition) is 1. The Balaban J connectivity index is 2.43. The van der Waals surface area contributed by atoms with Gasteiger partial charge in [0.05, 0.1) is 0 Å². The van der Waals surface area contributed by atoms with E-state index in [-0.39, 0.29) is 0 Å². The molecule has 0 unspecified atom stereocenters. The van der Waals surface area contributed by atoms with Gasteiger partial charge < -0.3 is 5.11 Å². The predicted molar refractivity (Wildman–Crippen MR) is 44.4 cm³/mol. The Labute approximate surface area is 66.7 Å². The smallest absolute Gasteiger partial charge is 0.115 e. The zero-order valence-electron chi connectivity index (χ0n) is 6.38. The molecule has 1 aliphatic carbocycles. The van der Waals surface area contributed by atoms with Crippen LogP contribution in [0.1, 0.15) is 17.5 Å². The van der Waals surface area contributed by atoms with E-state index in [1.807, 2.05) is 12.1 Å². The van der Waals surface area contributed by atoms with Gasteiger partial charge in [0, 0.05) is 0 Å². The number of hydrogen-bond donors (Lipinski definition) is 1. The van der Waals surface area contributed by atoms with Crippen molar-refractivity contribution in [2.75, 3.05) is 0 Å². The third-order valence-electron chi connectivity index (χ3n) is 2.17. The van der Waals surface area contributed by atoms with Crippen molar-refractivity contribution in [3.05, 3.63) is 35.7 Å². The van der Waals surface area contributed by atoms with Gasteiger partial charge in [0.1, 0.15) is 5.75 Å². The minimum Gasteiger partial charge on any atom is -0.508 e. The maximum Gasteiger partial charge on any atom is 0.115 e. The summed E-state index contributed by atoms with van der Waals surface area (Å²) in [5, 5.41) is 9.17. The van der Waals surface area contributed by atoms with Crippen LogP contribution in [0.25, 0.3) is 0 Å². The van der Waals surface area contributed by atoms with Gasteiger partial charge in [0.25, 0.3) is 0 Å². The van der Waals surface area contributed by atoms with Gasteiger partial charge in [-0.15, -0.1) is 0 Å². The molecule has 0 spiro atoms. The Morgan fingerprint density at radius 1 is 1.18 bits per heavy atom. The van der Waals surface area contributed by atoms with Crippen LogP contribution in [-0.4, -0.2) is 5.11 Å². The highest BCUT2D eigenvalue weighted by atomic mass is 16.3. The van der Waals surface area contributed by atoms with Crippen molar-refractivity contribution in [2.45, 2.75) is 19.3 Å². The van der Waals surface area contributed by atoms with Crippen molar-refractivity contribution < 1.29 is 5.11 Å². The second-order valence-electron chi connectivity index (χ2n) is 2.98. The molecule has 1 aliphatic rings. The monoisotopic (exact) mass is 147 g/mol. The number of phenolic OH excluding ortho intramolecular Hbond substituents is 1. The average molecular weight is 147 g/mol. The topological polar surface area (TPSA) is 20.2 Å². The molecule has 1 radical (unpaired) electrons. The lowest BCUT2D eigenvalue weighted by Gasteiger charge is -2.14. The summed E-state index contributed by atoms with van der Waals surface area (Å²) in [4.78, 5) is 0. The second-order valence-corrected chi connectivity index (χ2v) is 2.98. The van der Waals surface area contributed by atoms with E-state index >= 15 is 0 Å². The maximum atomic E-state index is 9.17. The second kappa shape index (κ2) is 2.57. The molecule has 0 saturated heterocycles. The van der Waals surface area contributed by atoms with Crippen LogP contribution in [-0.2, 0) is 12.8 Å². The van der Waals surface area contributed by atoms with Crippen molar-refractivity contribution in [3.8, 4) is 5.75 Å². The fourth-order valence-corrected chi connectivity index (χ4v) is 1.56. The summed E-state index contributed by atoms with van der Waals surface area (Å²) in [7, 11) is 0. The molecule has 0 amide bonds. The lowest BCUT2D eigenvalue weighted by molar-refractivity contribution is 0.474. The Morgan fingerprint density at radius 3 is 3.00 bits per heavy atom. The van der Waals surface area contributed by atoms with Crippen LogP contribution in [0.3, 0.4) is 0 Å². The van der Waals surface area contributed by atoms with Gasteiger partial charge in [-0.05, 0) is 48.9 Å². The summed E-state index contributed by atoms with van der Waals surface area (Å²) < 4.78 is 0. The Hall–Kier alpha value is -0.980. The SMILES string of the molecule is Oc1ccc2c(c1)C[CH]CC2. The quantitative estimate of drug-likeness (QED) is 0.595. The minimum atomic E-state index is 0.388. The normalized spacial score (nSPS) is 16.0. The first-order chi connectivity index (χ1) is 5.36. The molecule has 0 saturated carbocycles. The van der Waals surface area contributed by atoms with Crippen LogP contribution in [0.15, 0.2) is 18.2 Å². The zero-order chi connectivity index (χ0) is 7.68. The summed E-state index contributed by atoms with van der Waals surface area (Å²) in [5.41, 5.74) is 2.68. The zero-order valence-corrected chi connectivity index (χ0v) is 6.38. The highest BCUT2D eigenvalue weighted by Crippen LogP contribution is 2.23. The number of aryl methyl sites for hydroxylation is 1. The molecule has 0 aromatic heterocycles. The van der Waals surface area contributed by atoms with Crippen molar-refractivity contribution in [2.24, 2.45) is 0 Å². The molecule has 0 heterocycles. The van der Waals surface area contributed by atoms with Crippen LogP contribution in [0.2, 0.25) is 0 Å². The number of aromatic hydroxyl groups is 1. The van der Waals surface area contributed by atoms with Crippen molar-refractivity contribution in [1.29, 1.82) is 0 Å². The standard InChI is InChI=1S/C10H11O/c11-10-6-5-8-3-1-2-4-9(8)7-10/h2,5-7,11H,1,3-4H2. The lowest BCUT2D eigenvalue weighted by atomic mass is 9.92. The maximum absolute atomic E-state index is 9.17. The van der Waals surface area contributed by atoms with Gasteiger partial charge in [-0.3, -0.25) is 0 Å². The van der Waals surface area contributed by atoms with E-state index < -0.39 is 0 Å². The van der Waals surface area contributed by atoms with E-state index in [0.29, 0.717) is 5.75 Å². The van der Waals surface area contributed by atoms with E-state index in [1.165, 1.54) is 17.5 Å². The van der Waals surface area contributed by atoms with Crippen molar-refractivity contribution in [1.82, 2.24) is 0 Å². The van der Waals surface area contributed by atoms with Gasteiger partial charge >= 0.3 is 0 Å². The van der Waals surface area contributed by atoms with Gasteiger partial charge in [-0.2, -0.15) is 0 Å². The first-order valence-electron chi connectivity index (χ1n) is 3.99. The molecule has 1 aromatic carbocycles. The van der Waals surface area contributed by atoms with Crippen LogP contribution >= 0.6 is 0 Å². The molecule has 11 heavy (non-hydrogen) atoms. The summed E-state index contributed by atoms with van der Waals surface area (Å²) in [5.74, 6) is 0.388. The number of rotatable bonds is 0. The number of phenols is 1. The van der Waals surface area contributed by atoms with E-state index in [0.717, 1.165) is 12.8 Å². The molecule has 1 aromatic rings. The van der Waals surface area contributed by atoms with Gasteiger partial charge in [-0.25, -0.2) is 0 Å². The van der Waals surface area contributed by atoms with Crippen LogP contribution < -0.4 is 0 Å². The highest BCUT2D eigenvalue weighted by Gasteiger charge is 2.08. The molecule has 0 aliphatic heterocycles. The van der Waals surface area contributed by atoms with E-state index in [1.54, 1.807) is 6.07 Å². The van der Waals surface area contributed by atoms with Crippen LogP contribution in [0.4, 0.5) is 0 Å². The molecular weight excluding hydrogens is 136 g/mol. The molecule has 1 nitrogen and oxygen atoms in total. The molecular formula is C10H11O.